The summed E-state index contributed by atoms with van der Waals surface area (Å²) in [4.78, 5) is 2.05. The summed E-state index contributed by atoms with van der Waals surface area (Å²) in [5.41, 5.74) is 0.316. The van der Waals surface area contributed by atoms with Gasteiger partial charge in [0.05, 0.1) is 19.8 Å². The second-order valence-corrected chi connectivity index (χ2v) is 6.13. The molecule has 108 valence electrons. The molecule has 0 atom stereocenters. The van der Waals surface area contributed by atoms with Crippen LogP contribution in [0.2, 0.25) is 0 Å². The molecule has 0 aliphatic rings. The standard InChI is InChI=1S/C14H22BrNO3/c1-14(2,17)9-16(3)8-11-12(15)6-10(18-4)7-13(11)19-5/h6-7,17H,8-9H2,1-5H3. The first-order valence-corrected chi connectivity index (χ1v) is 6.87. The van der Waals surface area contributed by atoms with Crippen LogP contribution in [0.5, 0.6) is 11.5 Å². The number of hydrogen-bond donors (Lipinski definition) is 1. The van der Waals surface area contributed by atoms with E-state index in [-0.39, 0.29) is 0 Å². The Bertz CT molecular complexity index is 429. The topological polar surface area (TPSA) is 41.9 Å². The van der Waals surface area contributed by atoms with E-state index in [1.54, 1.807) is 28.1 Å². The van der Waals surface area contributed by atoms with Gasteiger partial charge in [0.25, 0.3) is 0 Å². The van der Waals surface area contributed by atoms with Gasteiger partial charge < -0.3 is 14.6 Å². The van der Waals surface area contributed by atoms with E-state index in [1.165, 1.54) is 0 Å². The summed E-state index contributed by atoms with van der Waals surface area (Å²) in [6, 6.07) is 3.77. The molecule has 0 aliphatic heterocycles. The van der Waals surface area contributed by atoms with Crippen LogP contribution in [0.4, 0.5) is 0 Å². The average Bonchev–Trinajstić information content (AvgIpc) is 2.29. The van der Waals surface area contributed by atoms with Crippen molar-refractivity contribution in [3.05, 3.63) is 22.2 Å². The van der Waals surface area contributed by atoms with E-state index in [4.69, 9.17) is 9.47 Å². The lowest BCUT2D eigenvalue weighted by Gasteiger charge is -2.26. The average molecular weight is 332 g/mol. The van der Waals surface area contributed by atoms with E-state index in [2.05, 4.69) is 20.8 Å². The number of hydrogen-bond acceptors (Lipinski definition) is 4. The Balaban J connectivity index is 2.94. The number of halogens is 1. The van der Waals surface area contributed by atoms with Crippen molar-refractivity contribution >= 4 is 15.9 Å². The number of benzene rings is 1. The van der Waals surface area contributed by atoms with Gasteiger partial charge in [0.15, 0.2) is 0 Å². The van der Waals surface area contributed by atoms with Crippen LogP contribution in [-0.4, -0.2) is 43.4 Å². The van der Waals surface area contributed by atoms with Gasteiger partial charge in [0, 0.05) is 29.2 Å². The Labute approximate surface area is 123 Å². The molecule has 0 saturated carbocycles. The van der Waals surface area contributed by atoms with Gasteiger partial charge in [0.1, 0.15) is 11.5 Å². The minimum absolute atomic E-state index is 0.578. The van der Waals surface area contributed by atoms with E-state index in [0.717, 1.165) is 21.5 Å². The summed E-state index contributed by atoms with van der Waals surface area (Å²) in [6.07, 6.45) is 0. The maximum absolute atomic E-state index is 9.84. The molecule has 0 aliphatic carbocycles. The van der Waals surface area contributed by atoms with Gasteiger partial charge in [0.2, 0.25) is 0 Å². The number of likely N-dealkylation sites (N-methyl/N-ethyl adjacent to an activating group) is 1. The van der Waals surface area contributed by atoms with Crippen molar-refractivity contribution in [2.45, 2.75) is 26.0 Å². The van der Waals surface area contributed by atoms with Gasteiger partial charge in [-0.2, -0.15) is 0 Å². The first-order valence-electron chi connectivity index (χ1n) is 6.08. The van der Waals surface area contributed by atoms with Crippen molar-refractivity contribution in [1.82, 2.24) is 4.90 Å². The molecule has 5 heteroatoms. The zero-order chi connectivity index (χ0) is 14.6. The highest BCUT2D eigenvalue weighted by Crippen LogP contribution is 2.33. The summed E-state index contributed by atoms with van der Waals surface area (Å²) >= 11 is 3.54. The Morgan fingerprint density at radius 2 is 1.89 bits per heavy atom. The highest BCUT2D eigenvalue weighted by atomic mass is 79.9. The molecule has 0 unspecified atom stereocenters. The second kappa shape index (κ2) is 6.59. The SMILES string of the molecule is COc1cc(Br)c(CN(C)CC(C)(C)O)c(OC)c1. The fraction of sp³-hybridized carbons (Fsp3) is 0.571. The minimum Gasteiger partial charge on any atom is -0.497 e. The molecule has 1 aromatic carbocycles. The van der Waals surface area contributed by atoms with Crippen LogP contribution < -0.4 is 9.47 Å². The van der Waals surface area contributed by atoms with E-state index < -0.39 is 5.60 Å². The first kappa shape index (κ1) is 16.3. The van der Waals surface area contributed by atoms with E-state index in [9.17, 15) is 5.11 Å². The lowest BCUT2D eigenvalue weighted by Crippen LogP contribution is -2.35. The van der Waals surface area contributed by atoms with Gasteiger partial charge in [-0.1, -0.05) is 15.9 Å². The van der Waals surface area contributed by atoms with Crippen molar-refractivity contribution < 1.29 is 14.6 Å². The second-order valence-electron chi connectivity index (χ2n) is 5.27. The lowest BCUT2D eigenvalue weighted by molar-refractivity contribution is 0.0422. The van der Waals surface area contributed by atoms with Gasteiger partial charge >= 0.3 is 0 Å². The molecule has 0 saturated heterocycles. The van der Waals surface area contributed by atoms with Crippen molar-refractivity contribution in [1.29, 1.82) is 0 Å². The van der Waals surface area contributed by atoms with Crippen molar-refractivity contribution in [2.24, 2.45) is 0 Å². The number of methoxy groups -OCH3 is 2. The molecule has 0 amide bonds. The van der Waals surface area contributed by atoms with Crippen LogP contribution in [0.1, 0.15) is 19.4 Å². The number of ether oxygens (including phenoxy) is 2. The Morgan fingerprint density at radius 1 is 1.26 bits per heavy atom. The van der Waals surface area contributed by atoms with Crippen LogP contribution in [0, 0.1) is 0 Å². The summed E-state index contributed by atoms with van der Waals surface area (Å²) in [7, 11) is 5.23. The molecule has 1 rings (SSSR count). The van der Waals surface area contributed by atoms with Crippen molar-refractivity contribution in [2.75, 3.05) is 27.8 Å². The van der Waals surface area contributed by atoms with Crippen molar-refractivity contribution in [3.8, 4) is 11.5 Å². The largest absolute Gasteiger partial charge is 0.497 e. The molecular formula is C14H22BrNO3. The zero-order valence-corrected chi connectivity index (χ0v) is 13.7. The van der Waals surface area contributed by atoms with Crippen LogP contribution in [-0.2, 0) is 6.54 Å². The molecule has 19 heavy (non-hydrogen) atoms. The van der Waals surface area contributed by atoms with Gasteiger partial charge in [-0.15, -0.1) is 0 Å². The van der Waals surface area contributed by atoms with Crippen molar-refractivity contribution in [3.63, 3.8) is 0 Å². The third-order valence-electron chi connectivity index (χ3n) is 2.67. The Morgan fingerprint density at radius 3 is 2.37 bits per heavy atom. The monoisotopic (exact) mass is 331 g/mol. The normalized spacial score (nSPS) is 11.8. The van der Waals surface area contributed by atoms with Crippen LogP contribution >= 0.6 is 15.9 Å². The Hall–Kier alpha value is -0.780. The number of aliphatic hydroxyl groups is 1. The third-order valence-corrected chi connectivity index (χ3v) is 3.38. The lowest BCUT2D eigenvalue weighted by atomic mass is 10.1. The predicted octanol–water partition coefficient (Wildman–Crippen LogP) is 2.67. The molecule has 1 aromatic rings. The highest BCUT2D eigenvalue weighted by Gasteiger charge is 2.18. The summed E-state index contributed by atoms with van der Waals surface area (Å²) in [5.74, 6) is 1.52. The third kappa shape index (κ3) is 5.01. The molecule has 4 nitrogen and oxygen atoms in total. The molecular weight excluding hydrogens is 310 g/mol. The molecule has 1 N–H and O–H groups in total. The molecule has 0 fully saturated rings. The van der Waals surface area contributed by atoms with E-state index in [1.807, 2.05) is 19.2 Å². The smallest absolute Gasteiger partial charge is 0.128 e. The van der Waals surface area contributed by atoms with Crippen LogP contribution in [0.15, 0.2) is 16.6 Å². The first-order chi connectivity index (χ1) is 8.76. The maximum Gasteiger partial charge on any atom is 0.128 e. The predicted molar refractivity (Wildman–Crippen MR) is 79.9 cm³/mol. The number of rotatable bonds is 6. The quantitative estimate of drug-likeness (QED) is 0.870. The minimum atomic E-state index is -0.721. The summed E-state index contributed by atoms with van der Waals surface area (Å²) < 4.78 is 11.6. The Kier molecular flexibility index (Phi) is 5.64. The molecule has 0 radical (unpaired) electrons. The zero-order valence-electron chi connectivity index (χ0n) is 12.2. The van der Waals surface area contributed by atoms with Gasteiger partial charge in [-0.3, -0.25) is 4.90 Å². The number of nitrogens with zero attached hydrogens (tertiary/aromatic N) is 1. The van der Waals surface area contributed by atoms with E-state index >= 15 is 0 Å². The van der Waals surface area contributed by atoms with Crippen LogP contribution in [0.3, 0.4) is 0 Å². The summed E-state index contributed by atoms with van der Waals surface area (Å²) in [6.45, 7) is 4.85. The molecule has 0 heterocycles. The van der Waals surface area contributed by atoms with Gasteiger partial charge in [-0.05, 0) is 27.0 Å². The van der Waals surface area contributed by atoms with Crippen LogP contribution in [0.25, 0.3) is 0 Å². The molecule has 0 bridgehead atoms. The summed E-state index contributed by atoms with van der Waals surface area (Å²) in [5, 5.41) is 9.84. The fourth-order valence-corrected chi connectivity index (χ4v) is 2.57. The highest BCUT2D eigenvalue weighted by molar-refractivity contribution is 9.10. The molecule has 0 spiro atoms. The maximum atomic E-state index is 9.84. The fourth-order valence-electron chi connectivity index (χ4n) is 2.03. The van der Waals surface area contributed by atoms with Gasteiger partial charge in [-0.25, -0.2) is 0 Å². The molecule has 0 aromatic heterocycles. The van der Waals surface area contributed by atoms with E-state index in [0.29, 0.717) is 13.1 Å².